The van der Waals surface area contributed by atoms with E-state index in [1.807, 2.05) is 0 Å². The van der Waals surface area contributed by atoms with Gasteiger partial charge in [-0.25, -0.2) is 4.79 Å². The molecule has 0 fully saturated rings. The van der Waals surface area contributed by atoms with Crippen molar-refractivity contribution in [2.24, 2.45) is 10.9 Å². The van der Waals surface area contributed by atoms with Gasteiger partial charge >= 0.3 is 11.9 Å². The van der Waals surface area contributed by atoms with Gasteiger partial charge in [-0.1, -0.05) is 0 Å². The third-order valence-corrected chi connectivity index (χ3v) is 3.28. The number of carbonyl (C=O) groups is 2. The Labute approximate surface area is 130 Å². The van der Waals surface area contributed by atoms with Gasteiger partial charge in [-0.05, 0) is 20.3 Å². The number of methoxy groups -OCH3 is 2. The van der Waals surface area contributed by atoms with Gasteiger partial charge in [0.15, 0.2) is 0 Å². The third kappa shape index (κ3) is 5.23. The first-order valence-electron chi connectivity index (χ1n) is 7.07. The number of hydrogen-bond donors (Lipinski definition) is 0. The summed E-state index contributed by atoms with van der Waals surface area (Å²) in [5.74, 6) is -1.45. The molecular formula is C15H23NO6. The molecule has 0 saturated heterocycles. The van der Waals surface area contributed by atoms with Crippen molar-refractivity contribution in [2.45, 2.75) is 20.3 Å². The Morgan fingerprint density at radius 1 is 1.05 bits per heavy atom. The maximum atomic E-state index is 12.1. The van der Waals surface area contributed by atoms with Crippen molar-refractivity contribution in [3.05, 3.63) is 11.3 Å². The summed E-state index contributed by atoms with van der Waals surface area (Å²) in [6, 6.07) is 0. The predicted molar refractivity (Wildman–Crippen MR) is 79.6 cm³/mol. The molecule has 1 atom stereocenters. The zero-order valence-electron chi connectivity index (χ0n) is 13.5. The molecule has 1 unspecified atom stereocenters. The van der Waals surface area contributed by atoms with Crippen molar-refractivity contribution < 1.29 is 28.5 Å². The maximum absolute atomic E-state index is 12.1. The van der Waals surface area contributed by atoms with Crippen LogP contribution in [0.4, 0.5) is 0 Å². The van der Waals surface area contributed by atoms with Crippen LogP contribution in [-0.2, 0) is 28.5 Å². The number of hydrogen-bond acceptors (Lipinski definition) is 7. The molecule has 1 rings (SSSR count). The van der Waals surface area contributed by atoms with Crippen LogP contribution in [0.2, 0.25) is 0 Å². The highest BCUT2D eigenvalue weighted by Gasteiger charge is 2.31. The van der Waals surface area contributed by atoms with Crippen molar-refractivity contribution in [3.63, 3.8) is 0 Å². The van der Waals surface area contributed by atoms with Crippen LogP contribution in [0.25, 0.3) is 0 Å². The summed E-state index contributed by atoms with van der Waals surface area (Å²) in [7, 11) is 3.06. The van der Waals surface area contributed by atoms with Gasteiger partial charge < -0.3 is 18.9 Å². The van der Waals surface area contributed by atoms with E-state index in [4.69, 9.17) is 18.9 Å². The fourth-order valence-corrected chi connectivity index (χ4v) is 2.03. The van der Waals surface area contributed by atoms with E-state index in [1.54, 1.807) is 13.8 Å². The lowest BCUT2D eigenvalue weighted by molar-refractivity contribution is -0.147. The number of ether oxygens (including phenoxy) is 4. The number of rotatable bonds is 8. The smallest absolute Gasteiger partial charge is 0.335 e. The molecule has 7 nitrogen and oxygen atoms in total. The number of esters is 2. The normalized spacial score (nSPS) is 18.0. The minimum Gasteiger partial charge on any atom is -0.463 e. The van der Waals surface area contributed by atoms with E-state index >= 15 is 0 Å². The molecule has 0 aromatic heterocycles. The molecule has 7 heteroatoms. The van der Waals surface area contributed by atoms with Gasteiger partial charge in [0, 0.05) is 25.6 Å². The topological polar surface area (TPSA) is 83.4 Å². The highest BCUT2D eigenvalue weighted by Crippen LogP contribution is 2.26. The average Bonchev–Trinajstić information content (AvgIpc) is 2.47. The molecule has 0 bridgehead atoms. The minimum absolute atomic E-state index is 0.164. The van der Waals surface area contributed by atoms with E-state index in [1.165, 1.54) is 14.2 Å². The van der Waals surface area contributed by atoms with Gasteiger partial charge in [-0.15, -0.1) is 0 Å². The molecule has 22 heavy (non-hydrogen) atoms. The Kier molecular flexibility index (Phi) is 7.76. The Balaban J connectivity index is 2.69. The Hall–Kier alpha value is -1.73. The zero-order valence-corrected chi connectivity index (χ0v) is 13.5. The van der Waals surface area contributed by atoms with Gasteiger partial charge in [0.2, 0.25) is 0 Å². The van der Waals surface area contributed by atoms with Crippen molar-refractivity contribution in [3.8, 4) is 0 Å². The van der Waals surface area contributed by atoms with Gasteiger partial charge in [0.1, 0.15) is 13.2 Å². The Bertz CT molecular complexity index is 469. The van der Waals surface area contributed by atoms with E-state index in [9.17, 15) is 9.59 Å². The van der Waals surface area contributed by atoms with Crippen LogP contribution in [0.3, 0.4) is 0 Å². The van der Waals surface area contributed by atoms with E-state index in [-0.39, 0.29) is 19.6 Å². The van der Waals surface area contributed by atoms with Gasteiger partial charge in [-0.2, -0.15) is 0 Å². The van der Waals surface area contributed by atoms with Crippen LogP contribution in [0.5, 0.6) is 0 Å². The molecule has 0 spiro atoms. The molecular weight excluding hydrogens is 290 g/mol. The van der Waals surface area contributed by atoms with Crippen LogP contribution in [0.15, 0.2) is 16.3 Å². The quantitative estimate of drug-likeness (QED) is 0.493. The van der Waals surface area contributed by atoms with Crippen LogP contribution in [0, 0.1) is 5.92 Å². The van der Waals surface area contributed by atoms with Crippen molar-refractivity contribution in [1.29, 1.82) is 0 Å². The molecule has 0 saturated carbocycles. The van der Waals surface area contributed by atoms with Gasteiger partial charge in [-0.3, -0.25) is 9.79 Å². The van der Waals surface area contributed by atoms with E-state index in [0.29, 0.717) is 30.2 Å². The first kappa shape index (κ1) is 18.3. The molecule has 0 aliphatic carbocycles. The fraction of sp³-hybridized carbons (Fsp3) is 0.667. The second kappa shape index (κ2) is 9.32. The van der Waals surface area contributed by atoms with E-state index < -0.39 is 17.9 Å². The summed E-state index contributed by atoms with van der Waals surface area (Å²) in [4.78, 5) is 28.4. The number of nitrogens with zero attached hydrogens (tertiary/aromatic N) is 1. The first-order valence-corrected chi connectivity index (χ1v) is 7.07. The molecule has 0 aromatic rings. The standard InChI is InChI=1S/C15H23NO6/c1-10-12(14(17)21-7-5-19-3)9-13(11(2)16-10)15(18)22-8-6-20-4/h12H,5-9H2,1-4H3. The van der Waals surface area contributed by atoms with Crippen molar-refractivity contribution in [2.75, 3.05) is 40.6 Å². The average molecular weight is 313 g/mol. The second-order valence-electron chi connectivity index (χ2n) is 4.86. The predicted octanol–water partition coefficient (Wildman–Crippen LogP) is 1.12. The molecule has 1 aliphatic heterocycles. The van der Waals surface area contributed by atoms with Crippen molar-refractivity contribution in [1.82, 2.24) is 0 Å². The highest BCUT2D eigenvalue weighted by molar-refractivity contribution is 6.04. The van der Waals surface area contributed by atoms with E-state index in [2.05, 4.69) is 4.99 Å². The van der Waals surface area contributed by atoms with Gasteiger partial charge in [0.05, 0.1) is 24.7 Å². The summed E-state index contributed by atoms with van der Waals surface area (Å²) in [5.41, 5.74) is 1.60. The zero-order chi connectivity index (χ0) is 16.5. The lowest BCUT2D eigenvalue weighted by Crippen LogP contribution is -2.30. The van der Waals surface area contributed by atoms with Crippen LogP contribution >= 0.6 is 0 Å². The lowest BCUT2D eigenvalue weighted by Gasteiger charge is -2.22. The molecule has 0 N–H and O–H groups in total. The molecule has 1 heterocycles. The van der Waals surface area contributed by atoms with E-state index in [0.717, 1.165) is 0 Å². The second-order valence-corrected chi connectivity index (χ2v) is 4.86. The summed E-state index contributed by atoms with van der Waals surface area (Å²) >= 11 is 0. The summed E-state index contributed by atoms with van der Waals surface area (Å²) in [5, 5.41) is 0. The number of carbonyl (C=O) groups excluding carboxylic acids is 2. The number of aliphatic imine (C=N–C) groups is 1. The van der Waals surface area contributed by atoms with Crippen molar-refractivity contribution >= 4 is 17.7 Å². The highest BCUT2D eigenvalue weighted by atomic mass is 16.6. The number of allylic oxidation sites excluding steroid dienone is 1. The monoisotopic (exact) mass is 313 g/mol. The third-order valence-electron chi connectivity index (χ3n) is 3.28. The molecule has 0 amide bonds. The molecule has 0 radical (unpaired) electrons. The van der Waals surface area contributed by atoms with Crippen LogP contribution in [0.1, 0.15) is 20.3 Å². The Morgan fingerprint density at radius 3 is 2.23 bits per heavy atom. The SMILES string of the molecule is COCCOC(=O)C1=C(C)N=C(C)C(C(=O)OCCOC)C1. The summed E-state index contributed by atoms with van der Waals surface area (Å²) < 4.78 is 19.9. The fourth-order valence-electron chi connectivity index (χ4n) is 2.03. The maximum Gasteiger partial charge on any atom is 0.335 e. The summed E-state index contributed by atoms with van der Waals surface area (Å²) in [6.45, 7) is 4.47. The van der Waals surface area contributed by atoms with Crippen LogP contribution < -0.4 is 0 Å². The summed E-state index contributed by atoms with van der Waals surface area (Å²) in [6.07, 6.45) is 0.235. The molecule has 1 aliphatic rings. The molecule has 124 valence electrons. The largest absolute Gasteiger partial charge is 0.463 e. The van der Waals surface area contributed by atoms with Gasteiger partial charge in [0.25, 0.3) is 0 Å². The lowest BCUT2D eigenvalue weighted by atomic mass is 9.91. The van der Waals surface area contributed by atoms with Crippen LogP contribution in [-0.4, -0.2) is 58.3 Å². The molecule has 0 aromatic carbocycles. The minimum atomic E-state index is -0.564. The first-order chi connectivity index (χ1) is 10.5. The Morgan fingerprint density at radius 2 is 1.64 bits per heavy atom.